The summed E-state index contributed by atoms with van der Waals surface area (Å²) in [5.74, 6) is 0.754. The van der Waals surface area contributed by atoms with Crippen LogP contribution in [0.15, 0.2) is 36.4 Å². The maximum absolute atomic E-state index is 12.5. The summed E-state index contributed by atoms with van der Waals surface area (Å²) in [6, 6.07) is 10.5. The Morgan fingerprint density at radius 1 is 1.00 bits per heavy atom. The molecule has 2 amide bonds. The molecule has 2 aliphatic heterocycles. The van der Waals surface area contributed by atoms with Crippen molar-refractivity contribution in [2.75, 3.05) is 19.9 Å². The quantitative estimate of drug-likeness (QED) is 0.851. The highest BCUT2D eigenvalue weighted by molar-refractivity contribution is 6.32. The molecule has 0 saturated carbocycles. The van der Waals surface area contributed by atoms with Gasteiger partial charge in [-0.05, 0) is 49.1 Å². The predicted molar refractivity (Wildman–Crippen MR) is 105 cm³/mol. The van der Waals surface area contributed by atoms with Crippen LogP contribution in [-0.4, -0.2) is 36.6 Å². The summed E-state index contributed by atoms with van der Waals surface area (Å²) < 4.78 is 10.5. The van der Waals surface area contributed by atoms with E-state index in [-0.39, 0.29) is 18.6 Å². The van der Waals surface area contributed by atoms with Crippen molar-refractivity contribution in [1.82, 2.24) is 10.2 Å². The molecule has 2 aliphatic rings. The molecule has 1 N–H and O–H groups in total. The summed E-state index contributed by atoms with van der Waals surface area (Å²) in [4.78, 5) is 26.8. The van der Waals surface area contributed by atoms with Gasteiger partial charge in [0, 0.05) is 30.8 Å². The minimum absolute atomic E-state index is 0.0743. The van der Waals surface area contributed by atoms with Crippen LogP contribution in [0.4, 0.5) is 0 Å². The number of nitrogens with one attached hydrogen (secondary N) is 1. The number of carbonyl (C=O) groups is 2. The number of piperidine rings is 1. The largest absolute Gasteiger partial charge is 0.454 e. The van der Waals surface area contributed by atoms with Crippen molar-refractivity contribution in [2.24, 2.45) is 0 Å². The second-order valence-corrected chi connectivity index (χ2v) is 7.33. The first-order valence-corrected chi connectivity index (χ1v) is 9.75. The first-order valence-electron chi connectivity index (χ1n) is 9.37. The molecule has 6 nitrogen and oxygen atoms in total. The smallest absolute Gasteiger partial charge is 0.253 e. The van der Waals surface area contributed by atoms with Gasteiger partial charge >= 0.3 is 0 Å². The topological polar surface area (TPSA) is 67.9 Å². The standard InChI is InChI=1S/C21H21ClN2O4/c22-17-10-16(11-18-19(17)28-13-27-18)20(25)23-12-14-4-6-15(7-5-14)21(26)24-8-2-1-3-9-24/h4-7,10-11H,1-3,8-9,12-13H2,(H,23,25). The highest BCUT2D eigenvalue weighted by Gasteiger charge is 2.21. The minimum atomic E-state index is -0.256. The molecule has 146 valence electrons. The van der Waals surface area contributed by atoms with E-state index >= 15 is 0 Å². The van der Waals surface area contributed by atoms with Gasteiger partial charge in [-0.2, -0.15) is 0 Å². The molecular weight excluding hydrogens is 380 g/mol. The van der Waals surface area contributed by atoms with E-state index in [1.165, 1.54) is 6.42 Å². The van der Waals surface area contributed by atoms with Crippen LogP contribution in [0.25, 0.3) is 0 Å². The SMILES string of the molecule is O=C(NCc1ccc(C(=O)N2CCCCC2)cc1)c1cc(Cl)c2c(c1)OCO2. The molecule has 2 heterocycles. The van der Waals surface area contributed by atoms with E-state index in [1.54, 1.807) is 12.1 Å². The lowest BCUT2D eigenvalue weighted by Crippen LogP contribution is -2.35. The van der Waals surface area contributed by atoms with E-state index in [0.717, 1.165) is 31.5 Å². The monoisotopic (exact) mass is 400 g/mol. The fraction of sp³-hybridized carbons (Fsp3) is 0.333. The Balaban J connectivity index is 1.36. The zero-order valence-corrected chi connectivity index (χ0v) is 16.1. The van der Waals surface area contributed by atoms with Crippen LogP contribution >= 0.6 is 11.6 Å². The molecule has 28 heavy (non-hydrogen) atoms. The van der Waals surface area contributed by atoms with E-state index in [2.05, 4.69) is 5.32 Å². The maximum atomic E-state index is 12.5. The summed E-state index contributed by atoms with van der Waals surface area (Å²) in [5.41, 5.74) is 2.00. The number of fused-ring (bicyclic) bond motifs is 1. The van der Waals surface area contributed by atoms with Crippen molar-refractivity contribution in [2.45, 2.75) is 25.8 Å². The lowest BCUT2D eigenvalue weighted by molar-refractivity contribution is 0.0724. The van der Waals surface area contributed by atoms with Crippen LogP contribution in [0.2, 0.25) is 5.02 Å². The number of rotatable bonds is 4. The van der Waals surface area contributed by atoms with Gasteiger partial charge in [-0.25, -0.2) is 0 Å². The second-order valence-electron chi connectivity index (χ2n) is 6.92. The zero-order valence-electron chi connectivity index (χ0n) is 15.4. The Bertz CT molecular complexity index is 892. The van der Waals surface area contributed by atoms with Crippen molar-refractivity contribution in [3.63, 3.8) is 0 Å². The summed E-state index contributed by atoms with van der Waals surface area (Å²) in [6.07, 6.45) is 3.33. The van der Waals surface area contributed by atoms with Gasteiger partial charge in [-0.1, -0.05) is 23.7 Å². The van der Waals surface area contributed by atoms with E-state index in [1.807, 2.05) is 29.2 Å². The van der Waals surface area contributed by atoms with Crippen molar-refractivity contribution >= 4 is 23.4 Å². The van der Waals surface area contributed by atoms with E-state index in [4.69, 9.17) is 21.1 Å². The van der Waals surface area contributed by atoms with Gasteiger partial charge in [0.15, 0.2) is 11.5 Å². The molecule has 4 rings (SSSR count). The molecular formula is C21H21ClN2O4. The second kappa shape index (κ2) is 8.10. The Morgan fingerprint density at radius 2 is 1.75 bits per heavy atom. The van der Waals surface area contributed by atoms with Gasteiger partial charge in [-0.3, -0.25) is 9.59 Å². The van der Waals surface area contributed by atoms with Crippen LogP contribution in [0, 0.1) is 0 Å². The zero-order chi connectivity index (χ0) is 19.5. The molecule has 2 aromatic rings. The lowest BCUT2D eigenvalue weighted by atomic mass is 10.1. The molecule has 0 radical (unpaired) electrons. The van der Waals surface area contributed by atoms with Crippen LogP contribution in [0.5, 0.6) is 11.5 Å². The molecule has 0 unspecified atom stereocenters. The number of likely N-dealkylation sites (tertiary alicyclic amines) is 1. The highest BCUT2D eigenvalue weighted by Crippen LogP contribution is 2.39. The van der Waals surface area contributed by atoms with Gasteiger partial charge in [0.05, 0.1) is 5.02 Å². The number of hydrogen-bond donors (Lipinski definition) is 1. The Kier molecular flexibility index (Phi) is 5.39. The molecule has 0 aromatic heterocycles. The number of ether oxygens (including phenoxy) is 2. The number of carbonyl (C=O) groups excluding carboxylic acids is 2. The summed E-state index contributed by atoms with van der Waals surface area (Å²) in [7, 11) is 0. The minimum Gasteiger partial charge on any atom is -0.454 e. The lowest BCUT2D eigenvalue weighted by Gasteiger charge is -2.26. The van der Waals surface area contributed by atoms with Gasteiger partial charge in [0.1, 0.15) is 0 Å². The average Bonchev–Trinajstić information content (AvgIpc) is 3.22. The summed E-state index contributed by atoms with van der Waals surface area (Å²) in [5, 5.41) is 3.20. The molecule has 7 heteroatoms. The fourth-order valence-electron chi connectivity index (χ4n) is 3.43. The summed E-state index contributed by atoms with van der Waals surface area (Å²) >= 11 is 6.13. The number of nitrogens with zero attached hydrogens (tertiary/aromatic N) is 1. The van der Waals surface area contributed by atoms with Crippen LogP contribution in [0.3, 0.4) is 0 Å². The fourth-order valence-corrected chi connectivity index (χ4v) is 3.69. The maximum Gasteiger partial charge on any atom is 0.253 e. The van der Waals surface area contributed by atoms with Crippen molar-refractivity contribution in [3.05, 3.63) is 58.1 Å². The van der Waals surface area contributed by atoms with Crippen LogP contribution in [0.1, 0.15) is 45.5 Å². The van der Waals surface area contributed by atoms with Gasteiger partial charge in [0.2, 0.25) is 6.79 Å². The van der Waals surface area contributed by atoms with E-state index in [0.29, 0.717) is 34.2 Å². The number of hydrogen-bond acceptors (Lipinski definition) is 4. The number of benzene rings is 2. The third-order valence-electron chi connectivity index (χ3n) is 4.99. The number of amides is 2. The van der Waals surface area contributed by atoms with Crippen molar-refractivity contribution in [3.8, 4) is 11.5 Å². The van der Waals surface area contributed by atoms with Gasteiger partial charge in [0.25, 0.3) is 11.8 Å². The number of halogens is 1. The van der Waals surface area contributed by atoms with E-state index < -0.39 is 0 Å². The van der Waals surface area contributed by atoms with Crippen molar-refractivity contribution in [1.29, 1.82) is 0 Å². The third-order valence-corrected chi connectivity index (χ3v) is 5.27. The molecule has 1 fully saturated rings. The highest BCUT2D eigenvalue weighted by atomic mass is 35.5. The van der Waals surface area contributed by atoms with Crippen LogP contribution in [-0.2, 0) is 6.54 Å². The third kappa shape index (κ3) is 3.92. The predicted octanol–water partition coefficient (Wildman–Crippen LogP) is 3.62. The first-order chi connectivity index (χ1) is 13.6. The Morgan fingerprint density at radius 3 is 2.50 bits per heavy atom. The summed E-state index contributed by atoms with van der Waals surface area (Å²) in [6.45, 7) is 2.11. The van der Waals surface area contributed by atoms with Gasteiger partial charge in [-0.15, -0.1) is 0 Å². The Labute approximate surface area is 168 Å². The Hall–Kier alpha value is -2.73. The molecule has 1 saturated heterocycles. The van der Waals surface area contributed by atoms with E-state index in [9.17, 15) is 9.59 Å². The molecule has 0 spiro atoms. The first kappa shape index (κ1) is 18.6. The molecule has 0 bridgehead atoms. The van der Waals surface area contributed by atoms with Gasteiger partial charge < -0.3 is 19.7 Å². The molecule has 0 atom stereocenters. The average molecular weight is 401 g/mol. The van der Waals surface area contributed by atoms with Crippen molar-refractivity contribution < 1.29 is 19.1 Å². The van der Waals surface area contributed by atoms with Crippen LogP contribution < -0.4 is 14.8 Å². The molecule has 2 aromatic carbocycles. The molecule has 0 aliphatic carbocycles. The normalized spacial score (nSPS) is 15.4.